The zero-order valence-electron chi connectivity index (χ0n) is 12.2. The van der Waals surface area contributed by atoms with Gasteiger partial charge in [0.25, 0.3) is 5.91 Å². The van der Waals surface area contributed by atoms with Crippen molar-refractivity contribution >= 4 is 21.8 Å². The van der Waals surface area contributed by atoms with E-state index in [1.165, 1.54) is 21.3 Å². The number of hydrogen-bond acceptors (Lipinski definition) is 4. The van der Waals surface area contributed by atoms with E-state index in [9.17, 15) is 4.79 Å². The van der Waals surface area contributed by atoms with Gasteiger partial charge in [0.15, 0.2) is 11.5 Å². The van der Waals surface area contributed by atoms with E-state index in [1.54, 1.807) is 12.1 Å². The van der Waals surface area contributed by atoms with Crippen LogP contribution >= 0.6 is 15.9 Å². The molecule has 112 valence electrons. The Balaban J connectivity index is 3.02. The Labute approximate surface area is 127 Å². The van der Waals surface area contributed by atoms with Gasteiger partial charge in [-0.3, -0.25) is 4.79 Å². The molecule has 1 atom stereocenters. The first kappa shape index (κ1) is 16.6. The van der Waals surface area contributed by atoms with Crippen molar-refractivity contribution in [1.29, 1.82) is 0 Å². The van der Waals surface area contributed by atoms with Gasteiger partial charge in [-0.05, 0) is 18.1 Å². The first-order valence-electron chi connectivity index (χ1n) is 6.22. The highest BCUT2D eigenvalue weighted by Crippen LogP contribution is 2.39. The molecule has 20 heavy (non-hydrogen) atoms. The number of hydrogen-bond donors (Lipinski definition) is 1. The predicted octanol–water partition coefficient (Wildman–Crippen LogP) is 2.47. The first-order chi connectivity index (χ1) is 9.58. The van der Waals surface area contributed by atoms with Gasteiger partial charge in [0, 0.05) is 11.9 Å². The lowest BCUT2D eigenvalue weighted by atomic mass is 10.1. The first-order valence-corrected chi connectivity index (χ1v) is 7.34. The second kappa shape index (κ2) is 7.99. The summed E-state index contributed by atoms with van der Waals surface area (Å²) < 4.78 is 15.7. The summed E-state index contributed by atoms with van der Waals surface area (Å²) in [5.41, 5.74) is 0.423. The van der Waals surface area contributed by atoms with Crippen LogP contribution in [-0.2, 0) is 0 Å². The van der Waals surface area contributed by atoms with Crippen LogP contribution in [0.3, 0.4) is 0 Å². The second-order valence-corrected chi connectivity index (χ2v) is 5.00. The number of alkyl halides is 1. The molecular formula is C14H20BrNO4. The summed E-state index contributed by atoms with van der Waals surface area (Å²) >= 11 is 3.38. The van der Waals surface area contributed by atoms with Crippen LogP contribution in [0.1, 0.15) is 17.3 Å². The lowest BCUT2D eigenvalue weighted by molar-refractivity contribution is 0.0945. The van der Waals surface area contributed by atoms with Gasteiger partial charge in [0.2, 0.25) is 5.75 Å². The van der Waals surface area contributed by atoms with Crippen molar-refractivity contribution in [3.8, 4) is 17.2 Å². The molecule has 6 heteroatoms. The zero-order chi connectivity index (χ0) is 15.1. The van der Waals surface area contributed by atoms with Gasteiger partial charge in [-0.2, -0.15) is 0 Å². The lowest BCUT2D eigenvalue weighted by Gasteiger charge is -2.16. The third-order valence-electron chi connectivity index (χ3n) is 2.82. The molecule has 0 heterocycles. The van der Waals surface area contributed by atoms with Gasteiger partial charge in [0.05, 0.1) is 26.9 Å². The number of ether oxygens (including phenoxy) is 3. The molecular weight excluding hydrogens is 326 g/mol. The Bertz CT molecular complexity index is 465. The van der Waals surface area contributed by atoms with Crippen LogP contribution in [0.15, 0.2) is 12.1 Å². The van der Waals surface area contributed by atoms with Crippen molar-refractivity contribution in [2.24, 2.45) is 5.92 Å². The van der Waals surface area contributed by atoms with Crippen LogP contribution in [0.5, 0.6) is 17.2 Å². The standard InChI is InChI=1S/C14H20BrNO4/c1-9(7-15)8-16-14(17)10-5-6-11(18-2)13(20-4)12(10)19-3/h5-6,9H,7-8H2,1-4H3,(H,16,17). The highest BCUT2D eigenvalue weighted by Gasteiger charge is 2.20. The van der Waals surface area contributed by atoms with Gasteiger partial charge in [-0.1, -0.05) is 22.9 Å². The van der Waals surface area contributed by atoms with Crippen molar-refractivity contribution in [2.75, 3.05) is 33.2 Å². The highest BCUT2D eigenvalue weighted by atomic mass is 79.9. The second-order valence-electron chi connectivity index (χ2n) is 4.35. The van der Waals surface area contributed by atoms with Crippen LogP contribution < -0.4 is 19.5 Å². The molecule has 1 aromatic rings. The molecule has 5 nitrogen and oxygen atoms in total. The monoisotopic (exact) mass is 345 g/mol. The number of halogens is 1. The van der Waals surface area contributed by atoms with Gasteiger partial charge >= 0.3 is 0 Å². The number of carbonyl (C=O) groups is 1. The minimum Gasteiger partial charge on any atom is -0.493 e. The Morgan fingerprint density at radius 1 is 1.20 bits per heavy atom. The molecule has 0 fully saturated rings. The van der Waals surface area contributed by atoms with Crippen molar-refractivity contribution < 1.29 is 19.0 Å². The molecule has 0 saturated heterocycles. The molecule has 1 unspecified atom stereocenters. The van der Waals surface area contributed by atoms with Crippen LogP contribution in [0.25, 0.3) is 0 Å². The topological polar surface area (TPSA) is 56.8 Å². The lowest BCUT2D eigenvalue weighted by Crippen LogP contribution is -2.29. The Morgan fingerprint density at radius 2 is 1.85 bits per heavy atom. The van der Waals surface area contributed by atoms with Gasteiger partial charge < -0.3 is 19.5 Å². The van der Waals surface area contributed by atoms with Gasteiger partial charge in [-0.15, -0.1) is 0 Å². The Hall–Kier alpha value is -1.43. The molecule has 0 aliphatic rings. The summed E-state index contributed by atoms with van der Waals surface area (Å²) in [6.07, 6.45) is 0. The molecule has 1 aromatic carbocycles. The van der Waals surface area contributed by atoms with Crippen LogP contribution in [-0.4, -0.2) is 39.1 Å². The maximum atomic E-state index is 12.2. The molecule has 0 radical (unpaired) electrons. The highest BCUT2D eigenvalue weighted by molar-refractivity contribution is 9.09. The molecule has 0 spiro atoms. The van der Waals surface area contributed by atoms with Crippen LogP contribution in [0.2, 0.25) is 0 Å². The predicted molar refractivity (Wildman–Crippen MR) is 81.4 cm³/mol. The number of benzene rings is 1. The molecule has 0 aliphatic carbocycles. The van der Waals surface area contributed by atoms with E-state index < -0.39 is 0 Å². The molecule has 1 rings (SSSR count). The summed E-state index contributed by atoms with van der Waals surface area (Å²) in [5, 5.41) is 3.70. The molecule has 0 bridgehead atoms. The Morgan fingerprint density at radius 3 is 2.35 bits per heavy atom. The van der Waals surface area contributed by atoms with Crippen molar-refractivity contribution in [2.45, 2.75) is 6.92 Å². The fourth-order valence-electron chi connectivity index (χ4n) is 1.70. The van der Waals surface area contributed by atoms with E-state index in [4.69, 9.17) is 14.2 Å². The van der Waals surface area contributed by atoms with E-state index in [-0.39, 0.29) is 5.91 Å². The van der Waals surface area contributed by atoms with Crippen LogP contribution in [0.4, 0.5) is 0 Å². The summed E-state index contributed by atoms with van der Waals surface area (Å²) in [4.78, 5) is 12.2. The number of amides is 1. The number of nitrogens with one attached hydrogen (secondary N) is 1. The summed E-state index contributed by atoms with van der Waals surface area (Å²) in [7, 11) is 4.54. The SMILES string of the molecule is COc1ccc(C(=O)NCC(C)CBr)c(OC)c1OC. The number of rotatable bonds is 7. The minimum absolute atomic E-state index is 0.199. The van der Waals surface area contributed by atoms with Gasteiger partial charge in [-0.25, -0.2) is 0 Å². The van der Waals surface area contributed by atoms with E-state index in [0.29, 0.717) is 35.3 Å². The summed E-state index contributed by atoms with van der Waals surface area (Å²) in [6.45, 7) is 2.63. The van der Waals surface area contributed by atoms with Crippen LogP contribution in [0, 0.1) is 5.92 Å². The molecule has 1 N–H and O–H groups in total. The third-order valence-corrected chi connectivity index (χ3v) is 3.93. The molecule has 0 saturated carbocycles. The van der Waals surface area contributed by atoms with Crippen molar-refractivity contribution in [1.82, 2.24) is 5.32 Å². The van der Waals surface area contributed by atoms with E-state index in [0.717, 1.165) is 5.33 Å². The van der Waals surface area contributed by atoms with Crippen molar-refractivity contribution in [3.63, 3.8) is 0 Å². The average molecular weight is 346 g/mol. The average Bonchev–Trinajstić information content (AvgIpc) is 2.50. The van der Waals surface area contributed by atoms with Gasteiger partial charge in [0.1, 0.15) is 0 Å². The summed E-state index contributed by atoms with van der Waals surface area (Å²) in [5.74, 6) is 1.46. The largest absolute Gasteiger partial charge is 0.493 e. The third kappa shape index (κ3) is 3.79. The smallest absolute Gasteiger partial charge is 0.255 e. The molecule has 1 amide bonds. The number of carbonyl (C=O) groups excluding carboxylic acids is 1. The zero-order valence-corrected chi connectivity index (χ0v) is 13.7. The maximum absolute atomic E-state index is 12.2. The van der Waals surface area contributed by atoms with E-state index >= 15 is 0 Å². The van der Waals surface area contributed by atoms with E-state index in [1.807, 2.05) is 6.92 Å². The molecule has 0 aromatic heterocycles. The maximum Gasteiger partial charge on any atom is 0.255 e. The minimum atomic E-state index is -0.199. The van der Waals surface area contributed by atoms with E-state index in [2.05, 4.69) is 21.2 Å². The normalized spacial score (nSPS) is 11.7. The quantitative estimate of drug-likeness (QED) is 0.771. The fraction of sp³-hybridized carbons (Fsp3) is 0.500. The fourth-order valence-corrected chi connectivity index (χ4v) is 1.93. The number of methoxy groups -OCH3 is 3. The molecule has 0 aliphatic heterocycles. The summed E-state index contributed by atoms with van der Waals surface area (Å²) in [6, 6.07) is 3.35. The Kier molecular flexibility index (Phi) is 6.64. The van der Waals surface area contributed by atoms with Crippen molar-refractivity contribution in [3.05, 3.63) is 17.7 Å².